The Hall–Kier alpha value is -0.860. The average Bonchev–Trinajstić information content (AvgIpc) is 2.42. The molecule has 3 nitrogen and oxygen atoms in total. The van der Waals surface area contributed by atoms with Crippen molar-refractivity contribution in [2.24, 2.45) is 46.8 Å². The molecular weight excluding hydrogens is 240 g/mol. The van der Waals surface area contributed by atoms with E-state index in [1.165, 1.54) is 19.3 Å². The first-order valence-corrected chi connectivity index (χ1v) is 7.87. The van der Waals surface area contributed by atoms with Gasteiger partial charge in [0.25, 0.3) is 0 Å². The molecule has 102 valence electrons. The van der Waals surface area contributed by atoms with Gasteiger partial charge in [0, 0.05) is 5.41 Å². The number of rotatable bonds is 2. The summed E-state index contributed by atoms with van der Waals surface area (Å²) in [6.45, 7) is 0. The van der Waals surface area contributed by atoms with Gasteiger partial charge in [0.15, 0.2) is 0 Å². The van der Waals surface area contributed by atoms with Crippen LogP contribution in [0.5, 0.6) is 0 Å². The zero-order valence-corrected chi connectivity index (χ0v) is 11.0. The van der Waals surface area contributed by atoms with E-state index >= 15 is 0 Å². The fourth-order valence-electron chi connectivity index (χ4n) is 7.41. The molecular formula is C16H20O3. The second kappa shape index (κ2) is 3.07. The Bertz CT molecular complexity index is 434. The highest BCUT2D eigenvalue weighted by Gasteiger charge is 2.69. The predicted octanol–water partition coefficient (Wildman–Crippen LogP) is 2.35. The number of carboxylic acids is 1. The number of ketones is 1. The van der Waals surface area contributed by atoms with Crippen molar-refractivity contribution in [1.29, 1.82) is 0 Å². The molecule has 0 aliphatic heterocycles. The highest BCUT2D eigenvalue weighted by molar-refractivity contribution is 6.35. The highest BCUT2D eigenvalue weighted by Crippen LogP contribution is 2.74. The first-order valence-electron chi connectivity index (χ1n) is 7.87. The zero-order chi connectivity index (χ0) is 12.9. The first-order chi connectivity index (χ1) is 9.09. The molecule has 0 unspecified atom stereocenters. The molecule has 0 amide bonds. The minimum atomic E-state index is -1.18. The summed E-state index contributed by atoms with van der Waals surface area (Å²) in [5, 5.41) is 9.17. The van der Waals surface area contributed by atoms with Crippen LogP contribution in [0, 0.1) is 46.8 Å². The first kappa shape index (κ1) is 10.9. The Balaban J connectivity index is 1.60. The van der Waals surface area contributed by atoms with E-state index in [0.717, 1.165) is 42.9 Å². The fraction of sp³-hybridized carbons (Fsp3) is 0.875. The quantitative estimate of drug-likeness (QED) is 0.775. The molecule has 19 heavy (non-hydrogen) atoms. The Morgan fingerprint density at radius 2 is 1.21 bits per heavy atom. The second-order valence-electron chi connectivity index (χ2n) is 8.08. The summed E-state index contributed by atoms with van der Waals surface area (Å²) >= 11 is 0. The van der Waals surface area contributed by atoms with Crippen molar-refractivity contribution in [3.05, 3.63) is 0 Å². The minimum Gasteiger partial charge on any atom is -0.475 e. The normalized spacial score (nSPS) is 59.7. The van der Waals surface area contributed by atoms with Crippen LogP contribution in [0.25, 0.3) is 0 Å². The number of Topliss-reactive ketones (excluding diaryl/α,β-unsaturated/α-hetero) is 1. The van der Waals surface area contributed by atoms with Crippen LogP contribution in [-0.4, -0.2) is 16.9 Å². The fourth-order valence-corrected chi connectivity index (χ4v) is 7.41. The van der Waals surface area contributed by atoms with E-state index < -0.39 is 17.2 Å². The molecule has 0 spiro atoms. The van der Waals surface area contributed by atoms with Crippen molar-refractivity contribution in [2.75, 3.05) is 0 Å². The van der Waals surface area contributed by atoms with Gasteiger partial charge in [-0.15, -0.1) is 0 Å². The molecule has 3 heteroatoms. The van der Waals surface area contributed by atoms with Gasteiger partial charge >= 0.3 is 5.97 Å². The molecule has 7 aliphatic carbocycles. The van der Waals surface area contributed by atoms with Crippen molar-refractivity contribution in [2.45, 2.75) is 38.5 Å². The summed E-state index contributed by atoms with van der Waals surface area (Å²) in [6, 6.07) is 0. The third-order valence-electron chi connectivity index (χ3n) is 7.67. The van der Waals surface area contributed by atoms with Gasteiger partial charge in [0.1, 0.15) is 0 Å². The molecule has 8 bridgehead atoms. The van der Waals surface area contributed by atoms with Crippen molar-refractivity contribution in [3.8, 4) is 0 Å². The number of hydrogen-bond acceptors (Lipinski definition) is 2. The number of hydrogen-bond donors (Lipinski definition) is 1. The summed E-state index contributed by atoms with van der Waals surface area (Å²) in [5.74, 6) is 3.91. The van der Waals surface area contributed by atoms with E-state index in [4.69, 9.17) is 0 Å². The molecule has 1 N–H and O–H groups in total. The lowest BCUT2D eigenvalue weighted by molar-refractivity contribution is -0.230. The van der Waals surface area contributed by atoms with Gasteiger partial charge in [-0.2, -0.15) is 0 Å². The van der Waals surface area contributed by atoms with Crippen LogP contribution in [0.1, 0.15) is 38.5 Å². The Kier molecular flexibility index (Phi) is 1.76. The molecule has 0 aromatic rings. The Morgan fingerprint density at radius 3 is 1.58 bits per heavy atom. The number of carbonyl (C=O) groups excluding carboxylic acids is 1. The SMILES string of the molecule is O=C(O)C(=O)C12CC3C4CC5CC3C(C1)C(C5)C4C2. The molecule has 0 saturated heterocycles. The summed E-state index contributed by atoms with van der Waals surface area (Å²) in [4.78, 5) is 23.4. The van der Waals surface area contributed by atoms with Crippen LogP contribution >= 0.6 is 0 Å². The Labute approximate surface area is 112 Å². The van der Waals surface area contributed by atoms with E-state index in [2.05, 4.69) is 0 Å². The predicted molar refractivity (Wildman–Crippen MR) is 67.2 cm³/mol. The maximum atomic E-state index is 12.2. The maximum Gasteiger partial charge on any atom is 0.372 e. The van der Waals surface area contributed by atoms with Crippen LogP contribution < -0.4 is 0 Å². The molecule has 0 atom stereocenters. The van der Waals surface area contributed by atoms with Gasteiger partial charge in [-0.3, -0.25) is 4.79 Å². The van der Waals surface area contributed by atoms with E-state index in [-0.39, 0.29) is 0 Å². The number of aliphatic carboxylic acids is 1. The van der Waals surface area contributed by atoms with Crippen LogP contribution in [0.2, 0.25) is 0 Å². The Morgan fingerprint density at radius 1 is 0.789 bits per heavy atom. The summed E-state index contributed by atoms with van der Waals surface area (Å²) in [6.07, 6.45) is 6.85. The van der Waals surface area contributed by atoms with E-state index in [1.807, 2.05) is 0 Å². The van der Waals surface area contributed by atoms with Crippen LogP contribution in [-0.2, 0) is 9.59 Å². The largest absolute Gasteiger partial charge is 0.475 e. The molecule has 0 heterocycles. The highest BCUT2D eigenvalue weighted by atomic mass is 16.4. The van der Waals surface area contributed by atoms with Gasteiger partial charge in [-0.05, 0) is 80.0 Å². The van der Waals surface area contributed by atoms with Crippen molar-refractivity contribution < 1.29 is 14.7 Å². The lowest BCUT2D eigenvalue weighted by Crippen LogP contribution is -2.67. The van der Waals surface area contributed by atoms with Gasteiger partial charge in [0.2, 0.25) is 5.78 Å². The van der Waals surface area contributed by atoms with E-state index in [1.54, 1.807) is 0 Å². The van der Waals surface area contributed by atoms with Gasteiger partial charge in [-0.25, -0.2) is 4.79 Å². The number of carbonyl (C=O) groups is 2. The lowest BCUT2D eigenvalue weighted by atomic mass is 9.32. The average molecular weight is 260 g/mol. The van der Waals surface area contributed by atoms with Crippen molar-refractivity contribution in [3.63, 3.8) is 0 Å². The van der Waals surface area contributed by atoms with Gasteiger partial charge < -0.3 is 5.11 Å². The molecule has 7 fully saturated rings. The lowest BCUT2D eigenvalue weighted by Gasteiger charge is -2.71. The molecule has 7 saturated carbocycles. The van der Waals surface area contributed by atoms with Crippen LogP contribution in [0.15, 0.2) is 0 Å². The molecule has 0 aromatic heterocycles. The molecule has 0 radical (unpaired) electrons. The zero-order valence-electron chi connectivity index (χ0n) is 11.0. The third kappa shape index (κ3) is 1.09. The van der Waals surface area contributed by atoms with Gasteiger partial charge in [-0.1, -0.05) is 0 Å². The molecule has 0 aromatic carbocycles. The van der Waals surface area contributed by atoms with Crippen LogP contribution in [0.3, 0.4) is 0 Å². The van der Waals surface area contributed by atoms with Crippen LogP contribution in [0.4, 0.5) is 0 Å². The van der Waals surface area contributed by atoms with E-state index in [9.17, 15) is 14.7 Å². The summed E-state index contributed by atoms with van der Waals surface area (Å²) in [5.41, 5.74) is -0.459. The monoisotopic (exact) mass is 260 g/mol. The summed E-state index contributed by atoms with van der Waals surface area (Å²) < 4.78 is 0. The number of carboxylic acid groups (broad SMARTS) is 1. The smallest absolute Gasteiger partial charge is 0.372 e. The second-order valence-corrected chi connectivity index (χ2v) is 8.08. The topological polar surface area (TPSA) is 54.4 Å². The van der Waals surface area contributed by atoms with Gasteiger partial charge in [0.05, 0.1) is 0 Å². The maximum absolute atomic E-state index is 12.2. The van der Waals surface area contributed by atoms with Crippen molar-refractivity contribution >= 4 is 11.8 Å². The molecule has 7 rings (SSSR count). The minimum absolute atomic E-state index is 0.458. The van der Waals surface area contributed by atoms with Crippen molar-refractivity contribution in [1.82, 2.24) is 0 Å². The summed E-state index contributed by atoms with van der Waals surface area (Å²) in [7, 11) is 0. The third-order valence-corrected chi connectivity index (χ3v) is 7.67. The molecule has 7 aliphatic rings. The standard InChI is InChI=1S/C16H20O3/c17-14(15(18)19)16-4-11-8-1-7-2-9(11)13(6-16)10(3-7)12(8)5-16/h7-13H,1-6H2,(H,18,19). The van der Waals surface area contributed by atoms with E-state index in [0.29, 0.717) is 17.8 Å².